The van der Waals surface area contributed by atoms with E-state index in [2.05, 4.69) is 26.0 Å². The summed E-state index contributed by atoms with van der Waals surface area (Å²) in [7, 11) is 0. The van der Waals surface area contributed by atoms with Crippen LogP contribution in [0, 0.1) is 6.92 Å². The van der Waals surface area contributed by atoms with Crippen molar-refractivity contribution in [3.05, 3.63) is 42.7 Å². The Morgan fingerprint density at radius 3 is 3.00 bits per heavy atom. The van der Waals surface area contributed by atoms with Gasteiger partial charge in [0, 0.05) is 17.8 Å². The molecule has 22 heavy (non-hydrogen) atoms. The molecule has 0 saturated carbocycles. The van der Waals surface area contributed by atoms with Crippen molar-refractivity contribution in [1.82, 2.24) is 20.6 Å². The summed E-state index contributed by atoms with van der Waals surface area (Å²) < 4.78 is 0. The molecule has 4 N–H and O–H groups in total. The van der Waals surface area contributed by atoms with E-state index in [9.17, 15) is 14.4 Å². The molecule has 0 atom stereocenters. The summed E-state index contributed by atoms with van der Waals surface area (Å²) in [6.07, 6.45) is 1.68. The number of carbonyl (C=O) groups excluding carboxylic acids is 1. The Morgan fingerprint density at radius 1 is 1.50 bits per heavy atom. The Labute approximate surface area is 128 Å². The second kappa shape index (κ2) is 7.31. The highest BCUT2D eigenvalue weighted by atomic mass is 32.1. The van der Waals surface area contributed by atoms with Crippen molar-refractivity contribution in [2.75, 3.05) is 11.9 Å². The first-order chi connectivity index (χ1) is 10.6. The van der Waals surface area contributed by atoms with Crippen molar-refractivity contribution in [2.45, 2.75) is 13.3 Å². The minimum absolute atomic E-state index is 0.0508. The number of rotatable bonds is 6. The highest BCUT2D eigenvalue weighted by Gasteiger charge is 2.03. The maximum Gasteiger partial charge on any atom is 0.342 e. The number of aryl methyl sites for hydroxylation is 1. The monoisotopic (exact) mass is 322 g/mol. The SMILES string of the molecule is Cc1ccsc1/C=N/NC(=O)CCNc1n[nH]c(=O)[nH]c1=O. The quantitative estimate of drug-likeness (QED) is 0.431. The van der Waals surface area contributed by atoms with Crippen LogP contribution in [-0.2, 0) is 4.79 Å². The van der Waals surface area contributed by atoms with E-state index in [0.717, 1.165) is 10.4 Å². The lowest BCUT2D eigenvalue weighted by Crippen LogP contribution is -2.28. The van der Waals surface area contributed by atoms with Crippen LogP contribution in [0.4, 0.5) is 5.82 Å². The van der Waals surface area contributed by atoms with Crippen molar-refractivity contribution in [1.29, 1.82) is 0 Å². The highest BCUT2D eigenvalue weighted by molar-refractivity contribution is 7.11. The number of anilines is 1. The number of nitrogens with one attached hydrogen (secondary N) is 4. The molecule has 0 unspecified atom stereocenters. The molecular weight excluding hydrogens is 308 g/mol. The Hall–Kier alpha value is -2.75. The fraction of sp³-hybridized carbons (Fsp3) is 0.250. The molecular formula is C12H14N6O3S. The fourth-order valence-corrected chi connectivity index (χ4v) is 2.28. The average molecular weight is 322 g/mol. The van der Waals surface area contributed by atoms with E-state index in [0.29, 0.717) is 0 Å². The summed E-state index contributed by atoms with van der Waals surface area (Å²) in [5.74, 6) is -0.357. The topological polar surface area (TPSA) is 132 Å². The molecule has 1 amide bonds. The van der Waals surface area contributed by atoms with Crippen LogP contribution >= 0.6 is 11.3 Å². The van der Waals surface area contributed by atoms with E-state index in [1.165, 1.54) is 11.3 Å². The molecule has 0 spiro atoms. The Bertz CT molecular complexity index is 790. The van der Waals surface area contributed by atoms with Gasteiger partial charge in [-0.15, -0.1) is 16.4 Å². The van der Waals surface area contributed by atoms with Crippen LogP contribution in [0.15, 0.2) is 26.1 Å². The summed E-state index contributed by atoms with van der Waals surface area (Å²) in [6.45, 7) is 2.14. The van der Waals surface area contributed by atoms with Crippen LogP contribution in [0.3, 0.4) is 0 Å². The van der Waals surface area contributed by atoms with E-state index in [1.807, 2.05) is 23.4 Å². The molecule has 0 fully saturated rings. The molecule has 0 aliphatic heterocycles. The summed E-state index contributed by atoms with van der Waals surface area (Å²) >= 11 is 1.53. The van der Waals surface area contributed by atoms with Crippen molar-refractivity contribution in [3.8, 4) is 0 Å². The van der Waals surface area contributed by atoms with E-state index < -0.39 is 11.2 Å². The number of amides is 1. The van der Waals surface area contributed by atoms with Gasteiger partial charge in [-0.2, -0.15) is 5.10 Å². The molecule has 2 heterocycles. The van der Waals surface area contributed by atoms with Gasteiger partial charge in [0.1, 0.15) is 0 Å². The summed E-state index contributed by atoms with van der Waals surface area (Å²) in [5.41, 5.74) is 2.15. The summed E-state index contributed by atoms with van der Waals surface area (Å²) in [4.78, 5) is 36.7. The zero-order valence-corrected chi connectivity index (χ0v) is 12.5. The van der Waals surface area contributed by atoms with Crippen LogP contribution in [0.25, 0.3) is 0 Å². The first-order valence-corrected chi connectivity index (χ1v) is 7.23. The predicted octanol–water partition coefficient (Wildman–Crippen LogP) is -0.220. The molecule has 0 saturated heterocycles. The van der Waals surface area contributed by atoms with E-state index >= 15 is 0 Å². The molecule has 2 rings (SSSR count). The lowest BCUT2D eigenvalue weighted by atomic mass is 10.3. The van der Waals surface area contributed by atoms with Crippen LogP contribution < -0.4 is 22.0 Å². The van der Waals surface area contributed by atoms with Crippen molar-refractivity contribution < 1.29 is 4.79 Å². The standard InChI is InChI=1S/C12H14N6O3S/c1-7-3-5-22-8(7)6-14-16-9(19)2-4-13-10-11(20)15-12(21)18-17-10/h3,5-6H,2,4H2,1H3,(H,13,17)(H,16,19)(H2,15,18,20,21)/b14-6+. The maximum absolute atomic E-state index is 11.6. The number of aromatic nitrogens is 3. The van der Waals surface area contributed by atoms with Gasteiger partial charge >= 0.3 is 5.69 Å². The molecule has 9 nitrogen and oxygen atoms in total. The van der Waals surface area contributed by atoms with Crippen LogP contribution in [0.5, 0.6) is 0 Å². The van der Waals surface area contributed by atoms with Crippen LogP contribution in [0.1, 0.15) is 16.9 Å². The fourth-order valence-electron chi connectivity index (χ4n) is 1.50. The van der Waals surface area contributed by atoms with Crippen molar-refractivity contribution >= 4 is 29.3 Å². The zero-order chi connectivity index (χ0) is 15.9. The van der Waals surface area contributed by atoms with Gasteiger partial charge in [-0.1, -0.05) is 0 Å². The second-order valence-corrected chi connectivity index (χ2v) is 5.24. The Kier molecular flexibility index (Phi) is 5.20. The zero-order valence-electron chi connectivity index (χ0n) is 11.7. The summed E-state index contributed by atoms with van der Waals surface area (Å²) in [5, 5.41) is 14.1. The minimum Gasteiger partial charge on any atom is -0.364 e. The lowest BCUT2D eigenvalue weighted by molar-refractivity contribution is -0.120. The third kappa shape index (κ3) is 4.38. The third-order valence-corrected chi connectivity index (χ3v) is 3.58. The van der Waals surface area contributed by atoms with Gasteiger partial charge in [-0.05, 0) is 23.9 Å². The van der Waals surface area contributed by atoms with Crippen LogP contribution in [0.2, 0.25) is 0 Å². The number of thiophene rings is 1. The number of hydrogen-bond donors (Lipinski definition) is 4. The molecule has 0 aliphatic rings. The normalized spacial score (nSPS) is 10.8. The Morgan fingerprint density at radius 2 is 2.32 bits per heavy atom. The molecule has 2 aromatic heterocycles. The maximum atomic E-state index is 11.6. The number of hydrogen-bond acceptors (Lipinski definition) is 7. The third-order valence-electron chi connectivity index (χ3n) is 2.63. The first-order valence-electron chi connectivity index (χ1n) is 6.35. The highest BCUT2D eigenvalue weighted by Crippen LogP contribution is 2.12. The molecule has 0 radical (unpaired) electrons. The molecule has 0 bridgehead atoms. The number of aromatic amines is 2. The largest absolute Gasteiger partial charge is 0.364 e. The smallest absolute Gasteiger partial charge is 0.342 e. The molecule has 2 aromatic rings. The van der Waals surface area contributed by atoms with Crippen molar-refractivity contribution in [2.24, 2.45) is 5.10 Å². The molecule has 10 heteroatoms. The average Bonchev–Trinajstić information content (AvgIpc) is 2.87. The van der Waals surface area contributed by atoms with Gasteiger partial charge in [0.05, 0.1) is 6.21 Å². The summed E-state index contributed by atoms with van der Waals surface area (Å²) in [6, 6.07) is 1.96. The molecule has 0 aliphatic carbocycles. The van der Waals surface area contributed by atoms with Gasteiger partial charge in [0.15, 0.2) is 0 Å². The Balaban J connectivity index is 1.76. The first kappa shape index (κ1) is 15.6. The molecule has 116 valence electrons. The van der Waals surface area contributed by atoms with E-state index in [1.54, 1.807) is 6.21 Å². The van der Waals surface area contributed by atoms with E-state index in [4.69, 9.17) is 0 Å². The number of carbonyl (C=O) groups is 1. The van der Waals surface area contributed by atoms with Gasteiger partial charge < -0.3 is 5.32 Å². The van der Waals surface area contributed by atoms with Gasteiger partial charge in [0.2, 0.25) is 11.7 Å². The van der Waals surface area contributed by atoms with Gasteiger partial charge in [-0.3, -0.25) is 14.6 Å². The van der Waals surface area contributed by atoms with Gasteiger partial charge in [0.25, 0.3) is 5.56 Å². The van der Waals surface area contributed by atoms with Crippen LogP contribution in [-0.4, -0.2) is 33.8 Å². The minimum atomic E-state index is -0.688. The number of nitrogens with zero attached hydrogens (tertiary/aromatic N) is 2. The van der Waals surface area contributed by atoms with Gasteiger partial charge in [-0.25, -0.2) is 15.3 Å². The predicted molar refractivity (Wildman–Crippen MR) is 83.4 cm³/mol. The van der Waals surface area contributed by atoms with Crippen molar-refractivity contribution in [3.63, 3.8) is 0 Å². The molecule has 0 aromatic carbocycles. The number of H-pyrrole nitrogens is 2. The number of hydrazone groups is 1. The van der Waals surface area contributed by atoms with E-state index in [-0.39, 0.29) is 24.7 Å². The lowest BCUT2D eigenvalue weighted by Gasteiger charge is -2.02. The second-order valence-electron chi connectivity index (χ2n) is 4.29.